The van der Waals surface area contributed by atoms with Gasteiger partial charge in [-0.1, -0.05) is 77.2 Å². The Hall–Kier alpha value is -0.990. The van der Waals surface area contributed by atoms with Crippen molar-refractivity contribution in [1.82, 2.24) is 0 Å². The first-order valence-electron chi connectivity index (χ1n) is 8.71. The van der Waals surface area contributed by atoms with Crippen molar-refractivity contribution < 1.29 is 14.3 Å². The molecule has 3 nitrogen and oxygen atoms in total. The van der Waals surface area contributed by atoms with Crippen molar-refractivity contribution in [3.05, 3.63) is 12.7 Å². The maximum atomic E-state index is 11.1. The van der Waals surface area contributed by atoms with Crippen molar-refractivity contribution in [2.24, 2.45) is 0 Å². The molecule has 0 atom stereocenters. The summed E-state index contributed by atoms with van der Waals surface area (Å²) in [5.41, 5.74) is 0. The Morgan fingerprint density at radius 3 is 1.81 bits per heavy atom. The lowest BCUT2D eigenvalue weighted by Gasteiger charge is -2.05. The van der Waals surface area contributed by atoms with Gasteiger partial charge < -0.3 is 9.47 Å². The third kappa shape index (κ3) is 17.0. The average molecular weight is 298 g/mol. The average Bonchev–Trinajstić information content (AvgIpc) is 2.48. The fraction of sp³-hybridized carbons (Fsp3) is 0.833. The summed E-state index contributed by atoms with van der Waals surface area (Å²) in [7, 11) is 0. The molecule has 0 aliphatic rings. The van der Waals surface area contributed by atoms with E-state index in [1.807, 2.05) is 0 Å². The van der Waals surface area contributed by atoms with E-state index < -0.39 is 6.16 Å². The van der Waals surface area contributed by atoms with Crippen molar-refractivity contribution >= 4 is 6.16 Å². The van der Waals surface area contributed by atoms with E-state index in [9.17, 15) is 4.79 Å². The molecule has 0 heterocycles. The van der Waals surface area contributed by atoms with Crippen LogP contribution in [0.3, 0.4) is 0 Å². The molecule has 21 heavy (non-hydrogen) atoms. The number of carbonyl (C=O) groups is 1. The van der Waals surface area contributed by atoms with Crippen LogP contribution < -0.4 is 0 Å². The summed E-state index contributed by atoms with van der Waals surface area (Å²) < 4.78 is 9.83. The molecule has 0 radical (unpaired) electrons. The molecule has 0 aromatic rings. The number of carbonyl (C=O) groups excluding carboxylic acids is 1. The van der Waals surface area contributed by atoms with Crippen molar-refractivity contribution in [1.29, 1.82) is 0 Å². The fourth-order valence-electron chi connectivity index (χ4n) is 2.19. The molecule has 3 heteroatoms. The maximum Gasteiger partial charge on any atom is 0.508 e. The SMILES string of the molecule is C=CCCOC(=O)OCCCCCCCCCCCCC. The molecule has 0 bridgehead atoms. The van der Waals surface area contributed by atoms with Crippen LogP contribution in [0, 0.1) is 0 Å². The van der Waals surface area contributed by atoms with E-state index in [4.69, 9.17) is 9.47 Å². The zero-order chi connectivity index (χ0) is 15.6. The highest BCUT2D eigenvalue weighted by atomic mass is 16.7. The zero-order valence-electron chi connectivity index (χ0n) is 13.9. The second kappa shape index (κ2) is 17.1. The van der Waals surface area contributed by atoms with E-state index >= 15 is 0 Å². The molecule has 0 N–H and O–H groups in total. The topological polar surface area (TPSA) is 35.5 Å². The molecular weight excluding hydrogens is 264 g/mol. The highest BCUT2D eigenvalue weighted by molar-refractivity contribution is 5.59. The van der Waals surface area contributed by atoms with Gasteiger partial charge in [0.25, 0.3) is 0 Å². The first-order valence-corrected chi connectivity index (χ1v) is 8.71. The van der Waals surface area contributed by atoms with Gasteiger partial charge in [0.2, 0.25) is 0 Å². The third-order valence-corrected chi connectivity index (χ3v) is 3.51. The predicted molar refractivity (Wildman–Crippen MR) is 88.6 cm³/mol. The number of ether oxygens (including phenoxy) is 2. The molecule has 0 aromatic heterocycles. The summed E-state index contributed by atoms with van der Waals surface area (Å²) >= 11 is 0. The summed E-state index contributed by atoms with van der Waals surface area (Å²) in [5.74, 6) is 0. The van der Waals surface area contributed by atoms with Crippen LogP contribution in [-0.4, -0.2) is 19.4 Å². The Bertz CT molecular complexity index is 239. The van der Waals surface area contributed by atoms with Gasteiger partial charge in [-0.25, -0.2) is 4.79 Å². The molecule has 0 rings (SSSR count). The van der Waals surface area contributed by atoms with Crippen LogP contribution in [-0.2, 0) is 9.47 Å². The monoisotopic (exact) mass is 298 g/mol. The molecule has 0 spiro atoms. The minimum absolute atomic E-state index is 0.362. The Balaban J connectivity index is 3.08. The van der Waals surface area contributed by atoms with Crippen LogP contribution in [0.4, 0.5) is 4.79 Å². The van der Waals surface area contributed by atoms with Crippen LogP contribution in [0.15, 0.2) is 12.7 Å². The van der Waals surface area contributed by atoms with E-state index in [1.165, 1.54) is 57.8 Å². The number of rotatable bonds is 15. The number of hydrogen-bond acceptors (Lipinski definition) is 3. The fourth-order valence-corrected chi connectivity index (χ4v) is 2.19. The standard InChI is InChI=1S/C18H34O3/c1-3-5-7-8-9-10-11-12-13-14-15-17-21-18(19)20-16-6-4-2/h4H,2-3,5-17H2,1H3. The van der Waals surface area contributed by atoms with Gasteiger partial charge in [-0.05, 0) is 12.8 Å². The largest absolute Gasteiger partial charge is 0.508 e. The summed E-state index contributed by atoms with van der Waals surface area (Å²) in [6.45, 7) is 6.65. The zero-order valence-corrected chi connectivity index (χ0v) is 13.9. The molecule has 0 saturated heterocycles. The van der Waals surface area contributed by atoms with Crippen LogP contribution in [0.25, 0.3) is 0 Å². The summed E-state index contributed by atoms with van der Waals surface area (Å²) in [6.07, 6.45) is 16.1. The van der Waals surface area contributed by atoms with Gasteiger partial charge in [0.15, 0.2) is 0 Å². The molecule has 0 saturated carbocycles. The Morgan fingerprint density at radius 2 is 1.29 bits per heavy atom. The van der Waals surface area contributed by atoms with Gasteiger partial charge >= 0.3 is 6.16 Å². The Kier molecular flexibility index (Phi) is 16.3. The van der Waals surface area contributed by atoms with Gasteiger partial charge in [0, 0.05) is 0 Å². The van der Waals surface area contributed by atoms with Gasteiger partial charge in [-0.2, -0.15) is 0 Å². The normalized spacial score (nSPS) is 10.3. The van der Waals surface area contributed by atoms with Gasteiger partial charge in [0.05, 0.1) is 13.2 Å². The molecular formula is C18H34O3. The molecule has 0 amide bonds. The second-order valence-corrected chi connectivity index (χ2v) is 5.56. The lowest BCUT2D eigenvalue weighted by Crippen LogP contribution is -2.09. The highest BCUT2D eigenvalue weighted by Gasteiger charge is 2.01. The lowest BCUT2D eigenvalue weighted by atomic mass is 10.1. The molecule has 124 valence electrons. The van der Waals surface area contributed by atoms with Gasteiger partial charge in [-0.15, -0.1) is 6.58 Å². The quantitative estimate of drug-likeness (QED) is 0.210. The summed E-state index contributed by atoms with van der Waals surface area (Å²) in [6, 6.07) is 0. The number of hydrogen-bond donors (Lipinski definition) is 0. The van der Waals surface area contributed by atoms with Crippen molar-refractivity contribution in [3.8, 4) is 0 Å². The van der Waals surface area contributed by atoms with Crippen LogP contribution >= 0.6 is 0 Å². The van der Waals surface area contributed by atoms with Crippen molar-refractivity contribution in [2.45, 2.75) is 84.0 Å². The highest BCUT2D eigenvalue weighted by Crippen LogP contribution is 2.11. The number of unbranched alkanes of at least 4 members (excludes halogenated alkanes) is 10. The van der Waals surface area contributed by atoms with E-state index in [2.05, 4.69) is 13.5 Å². The Morgan fingerprint density at radius 1 is 0.810 bits per heavy atom. The first-order chi connectivity index (χ1) is 10.3. The van der Waals surface area contributed by atoms with E-state index in [0.717, 1.165) is 12.8 Å². The molecule has 0 aromatic carbocycles. The smallest absolute Gasteiger partial charge is 0.434 e. The van der Waals surface area contributed by atoms with Gasteiger partial charge in [0.1, 0.15) is 0 Å². The first kappa shape index (κ1) is 20.0. The maximum absolute atomic E-state index is 11.1. The van der Waals surface area contributed by atoms with Crippen LogP contribution in [0.5, 0.6) is 0 Å². The van der Waals surface area contributed by atoms with Crippen molar-refractivity contribution in [2.75, 3.05) is 13.2 Å². The summed E-state index contributed by atoms with van der Waals surface area (Å²) in [5, 5.41) is 0. The summed E-state index contributed by atoms with van der Waals surface area (Å²) in [4.78, 5) is 11.1. The molecule has 0 unspecified atom stereocenters. The van der Waals surface area contributed by atoms with E-state index in [1.54, 1.807) is 6.08 Å². The molecule has 0 aliphatic heterocycles. The van der Waals surface area contributed by atoms with Gasteiger partial charge in [-0.3, -0.25) is 0 Å². The minimum atomic E-state index is -0.552. The molecule has 0 aliphatic carbocycles. The molecule has 0 fully saturated rings. The third-order valence-electron chi connectivity index (χ3n) is 3.51. The van der Waals surface area contributed by atoms with Crippen molar-refractivity contribution in [3.63, 3.8) is 0 Å². The lowest BCUT2D eigenvalue weighted by molar-refractivity contribution is 0.0553. The second-order valence-electron chi connectivity index (χ2n) is 5.56. The van der Waals surface area contributed by atoms with Crippen LogP contribution in [0.2, 0.25) is 0 Å². The van der Waals surface area contributed by atoms with Crippen LogP contribution in [0.1, 0.15) is 84.0 Å². The predicted octanol–water partition coefficient (Wildman–Crippen LogP) is 6.03. The van der Waals surface area contributed by atoms with E-state index in [-0.39, 0.29) is 0 Å². The minimum Gasteiger partial charge on any atom is -0.434 e. The van der Waals surface area contributed by atoms with E-state index in [0.29, 0.717) is 19.6 Å². The Labute approximate surface area is 131 Å².